The Bertz CT molecular complexity index is 453. The fourth-order valence-electron chi connectivity index (χ4n) is 1.57. The van der Waals surface area contributed by atoms with Crippen LogP contribution in [0.1, 0.15) is 25.8 Å². The lowest BCUT2D eigenvalue weighted by Gasteiger charge is -2.24. The highest BCUT2D eigenvalue weighted by Gasteiger charge is 2.36. The minimum absolute atomic E-state index is 0.0463. The van der Waals surface area contributed by atoms with Gasteiger partial charge in [-0.15, -0.1) is 0 Å². The van der Waals surface area contributed by atoms with E-state index in [0.717, 1.165) is 0 Å². The maximum absolute atomic E-state index is 13.2. The molecule has 4 heteroatoms. The van der Waals surface area contributed by atoms with Crippen LogP contribution in [0.4, 0.5) is 4.39 Å². The minimum Gasteiger partial charge on any atom is -0.465 e. The fourth-order valence-corrected chi connectivity index (χ4v) is 1.57. The molecule has 1 rings (SSSR count). The van der Waals surface area contributed by atoms with E-state index in [1.54, 1.807) is 19.9 Å². The fraction of sp³-hybridized carbons (Fsp3) is 0.385. The van der Waals surface area contributed by atoms with Crippen LogP contribution in [0.2, 0.25) is 0 Å². The van der Waals surface area contributed by atoms with Gasteiger partial charge in [0, 0.05) is 0 Å². The van der Waals surface area contributed by atoms with Crippen LogP contribution in [0.5, 0.6) is 0 Å². The van der Waals surface area contributed by atoms with E-state index in [4.69, 9.17) is 10.00 Å². The molecule has 0 aliphatic rings. The number of hydrogen-bond donors (Lipinski definition) is 0. The molecule has 1 atom stereocenters. The first-order valence-corrected chi connectivity index (χ1v) is 5.35. The molecule has 0 saturated carbocycles. The summed E-state index contributed by atoms with van der Waals surface area (Å²) < 4.78 is 18.1. The van der Waals surface area contributed by atoms with Gasteiger partial charge in [0.15, 0.2) is 0 Å². The summed E-state index contributed by atoms with van der Waals surface area (Å²) in [4.78, 5) is 11.9. The van der Waals surface area contributed by atoms with E-state index in [0.29, 0.717) is 5.56 Å². The van der Waals surface area contributed by atoms with Crippen molar-refractivity contribution in [3.8, 4) is 6.07 Å². The average Bonchev–Trinajstić information content (AvgIpc) is 2.29. The van der Waals surface area contributed by atoms with Gasteiger partial charge in [-0.25, -0.2) is 4.39 Å². The monoisotopic (exact) mass is 235 g/mol. The van der Waals surface area contributed by atoms with Gasteiger partial charge >= 0.3 is 5.97 Å². The lowest BCUT2D eigenvalue weighted by atomic mass is 9.80. The number of ether oxygens (including phenoxy) is 1. The van der Waals surface area contributed by atoms with Crippen LogP contribution in [0, 0.1) is 17.1 Å². The van der Waals surface area contributed by atoms with E-state index >= 15 is 0 Å². The Morgan fingerprint density at radius 2 is 2.29 bits per heavy atom. The quantitative estimate of drug-likeness (QED) is 0.753. The molecular formula is C13H14FNO2. The molecule has 3 nitrogen and oxygen atoms in total. The smallest absolute Gasteiger partial charge is 0.317 e. The number of carbonyl (C=O) groups excluding carboxylic acids is 1. The lowest BCUT2D eigenvalue weighted by Crippen LogP contribution is -2.34. The number of rotatable bonds is 4. The van der Waals surface area contributed by atoms with Crippen LogP contribution in [0.15, 0.2) is 24.3 Å². The Labute approximate surface area is 99.8 Å². The lowest BCUT2D eigenvalue weighted by molar-refractivity contribution is -0.149. The number of halogens is 1. The molecule has 0 aliphatic carbocycles. The summed E-state index contributed by atoms with van der Waals surface area (Å²) in [6.45, 7) is 3.51. The van der Waals surface area contributed by atoms with Gasteiger partial charge in [0.05, 0.1) is 19.1 Å². The molecule has 1 unspecified atom stereocenters. The molecule has 0 saturated heterocycles. The molecule has 0 amide bonds. The molecule has 0 bridgehead atoms. The SMILES string of the molecule is CCOC(=O)C(C)(CC#N)c1cccc(F)c1. The number of esters is 1. The van der Waals surface area contributed by atoms with Crippen LogP contribution in [0.25, 0.3) is 0 Å². The highest BCUT2D eigenvalue weighted by Crippen LogP contribution is 2.29. The Balaban J connectivity index is 3.16. The van der Waals surface area contributed by atoms with Gasteiger partial charge in [0.25, 0.3) is 0 Å². The number of carbonyl (C=O) groups is 1. The summed E-state index contributed by atoms with van der Waals surface area (Å²) in [6, 6.07) is 7.63. The first-order chi connectivity index (χ1) is 8.04. The van der Waals surface area contributed by atoms with E-state index in [1.807, 2.05) is 6.07 Å². The van der Waals surface area contributed by atoms with Gasteiger partial charge in [-0.2, -0.15) is 5.26 Å². The molecule has 17 heavy (non-hydrogen) atoms. The van der Waals surface area contributed by atoms with Crippen molar-refractivity contribution < 1.29 is 13.9 Å². The summed E-state index contributed by atoms with van der Waals surface area (Å²) in [5.74, 6) is -0.942. The van der Waals surface area contributed by atoms with Crippen molar-refractivity contribution in [2.45, 2.75) is 25.7 Å². The molecular weight excluding hydrogens is 221 g/mol. The van der Waals surface area contributed by atoms with Crippen molar-refractivity contribution in [3.05, 3.63) is 35.6 Å². The number of nitrogens with zero attached hydrogens (tertiary/aromatic N) is 1. The molecule has 1 aromatic carbocycles. The highest BCUT2D eigenvalue weighted by molar-refractivity contribution is 5.83. The van der Waals surface area contributed by atoms with E-state index in [1.165, 1.54) is 18.2 Å². The van der Waals surface area contributed by atoms with E-state index < -0.39 is 17.2 Å². The van der Waals surface area contributed by atoms with Crippen LogP contribution >= 0.6 is 0 Å². The van der Waals surface area contributed by atoms with Gasteiger partial charge in [-0.05, 0) is 31.5 Å². The number of hydrogen-bond acceptors (Lipinski definition) is 3. The van der Waals surface area contributed by atoms with E-state index in [-0.39, 0.29) is 13.0 Å². The zero-order chi connectivity index (χ0) is 12.9. The van der Waals surface area contributed by atoms with E-state index in [2.05, 4.69) is 0 Å². The van der Waals surface area contributed by atoms with Crippen molar-refractivity contribution in [2.75, 3.05) is 6.61 Å². The van der Waals surface area contributed by atoms with Gasteiger partial charge in [-0.1, -0.05) is 12.1 Å². The normalized spacial score (nSPS) is 13.5. The van der Waals surface area contributed by atoms with Crippen molar-refractivity contribution in [2.24, 2.45) is 0 Å². The third-order valence-electron chi connectivity index (χ3n) is 2.62. The molecule has 0 N–H and O–H groups in total. The summed E-state index contributed by atoms with van der Waals surface area (Å²) in [6.07, 6.45) is -0.0463. The van der Waals surface area contributed by atoms with Gasteiger partial charge < -0.3 is 4.74 Å². The summed E-state index contributed by atoms with van der Waals surface area (Å²) in [5.41, 5.74) is -0.662. The number of nitriles is 1. The topological polar surface area (TPSA) is 50.1 Å². The second-order valence-electron chi connectivity index (χ2n) is 3.90. The number of benzene rings is 1. The molecule has 90 valence electrons. The Hall–Kier alpha value is -1.89. The van der Waals surface area contributed by atoms with Crippen molar-refractivity contribution in [3.63, 3.8) is 0 Å². The highest BCUT2D eigenvalue weighted by atomic mass is 19.1. The third-order valence-corrected chi connectivity index (χ3v) is 2.62. The van der Waals surface area contributed by atoms with Crippen LogP contribution < -0.4 is 0 Å². The first-order valence-electron chi connectivity index (χ1n) is 5.35. The standard InChI is InChI=1S/C13H14FNO2/c1-3-17-12(16)13(2,7-8-15)10-5-4-6-11(14)9-10/h4-6,9H,3,7H2,1-2H3. The van der Waals surface area contributed by atoms with Crippen LogP contribution in [-0.2, 0) is 14.9 Å². The maximum atomic E-state index is 13.2. The molecule has 0 aliphatic heterocycles. The third kappa shape index (κ3) is 2.82. The molecule has 0 radical (unpaired) electrons. The Morgan fingerprint density at radius 1 is 1.59 bits per heavy atom. The van der Waals surface area contributed by atoms with Crippen LogP contribution in [-0.4, -0.2) is 12.6 Å². The molecule has 0 heterocycles. The second-order valence-corrected chi connectivity index (χ2v) is 3.90. The molecule has 1 aromatic rings. The summed E-state index contributed by atoms with van der Waals surface area (Å²) >= 11 is 0. The molecule has 0 spiro atoms. The van der Waals surface area contributed by atoms with Gasteiger partial charge in [0.1, 0.15) is 11.2 Å². The average molecular weight is 235 g/mol. The zero-order valence-corrected chi connectivity index (χ0v) is 9.87. The van der Waals surface area contributed by atoms with Crippen LogP contribution in [0.3, 0.4) is 0 Å². The summed E-state index contributed by atoms with van der Waals surface area (Å²) in [5, 5.41) is 8.80. The predicted molar refractivity (Wildman–Crippen MR) is 60.6 cm³/mol. The van der Waals surface area contributed by atoms with Crippen molar-refractivity contribution >= 4 is 5.97 Å². The van der Waals surface area contributed by atoms with Gasteiger partial charge in [0.2, 0.25) is 0 Å². The Morgan fingerprint density at radius 3 is 2.82 bits per heavy atom. The first kappa shape index (κ1) is 13.2. The van der Waals surface area contributed by atoms with Crippen molar-refractivity contribution in [1.29, 1.82) is 5.26 Å². The van der Waals surface area contributed by atoms with E-state index in [9.17, 15) is 9.18 Å². The minimum atomic E-state index is -1.12. The maximum Gasteiger partial charge on any atom is 0.317 e. The summed E-state index contributed by atoms with van der Waals surface area (Å²) in [7, 11) is 0. The largest absolute Gasteiger partial charge is 0.465 e. The predicted octanol–water partition coefficient (Wildman–Crippen LogP) is 2.56. The molecule has 0 fully saturated rings. The second kappa shape index (κ2) is 5.44. The van der Waals surface area contributed by atoms with Gasteiger partial charge in [-0.3, -0.25) is 4.79 Å². The Kier molecular flexibility index (Phi) is 4.22. The van der Waals surface area contributed by atoms with Crippen molar-refractivity contribution in [1.82, 2.24) is 0 Å². The zero-order valence-electron chi connectivity index (χ0n) is 9.87. The molecule has 0 aromatic heterocycles.